The van der Waals surface area contributed by atoms with Gasteiger partial charge in [-0.25, -0.2) is 9.78 Å². The van der Waals surface area contributed by atoms with Gasteiger partial charge in [-0.1, -0.05) is 0 Å². The zero-order valence-corrected chi connectivity index (χ0v) is 16.8. The van der Waals surface area contributed by atoms with E-state index in [0.717, 1.165) is 12.3 Å². The summed E-state index contributed by atoms with van der Waals surface area (Å²) >= 11 is 0. The summed E-state index contributed by atoms with van der Waals surface area (Å²) in [5.41, 5.74) is 0.662. The van der Waals surface area contributed by atoms with Crippen LogP contribution in [0.15, 0.2) is 18.3 Å². The van der Waals surface area contributed by atoms with E-state index in [1.54, 1.807) is 13.8 Å². The van der Waals surface area contributed by atoms with Crippen LogP contribution in [0.1, 0.15) is 37.7 Å². The van der Waals surface area contributed by atoms with Crippen molar-refractivity contribution in [2.45, 2.75) is 20.0 Å². The minimum Gasteiger partial charge on any atom is -0.460 e. The summed E-state index contributed by atoms with van der Waals surface area (Å²) in [6, 6.07) is 2.14. The van der Waals surface area contributed by atoms with Gasteiger partial charge < -0.3 is 25.1 Å². The summed E-state index contributed by atoms with van der Waals surface area (Å²) < 4.78 is 47.5. The fourth-order valence-electron chi connectivity index (χ4n) is 2.69. The van der Waals surface area contributed by atoms with E-state index in [0.29, 0.717) is 16.8 Å². The molecule has 8 nitrogen and oxygen atoms in total. The van der Waals surface area contributed by atoms with Gasteiger partial charge in [0.2, 0.25) is 0 Å². The number of ether oxygens (including phenoxy) is 2. The number of nitrogens with zero attached hydrogens (tertiary/aromatic N) is 1. The van der Waals surface area contributed by atoms with Gasteiger partial charge in [0.25, 0.3) is 5.91 Å². The standard InChI is InChI=1S/C19H23F3N4O4/c1-11-15(18(28)30-9-8-29-3)12(2)26-16(11)17(27)24-7-6-23-14-5-4-13(10-25-14)19(20,21)22/h4-5,10,26H,6-9H2,1-3H3,(H,23,25)(H,24,27). The highest BCUT2D eigenvalue weighted by Crippen LogP contribution is 2.28. The maximum atomic E-state index is 12.5. The van der Waals surface area contributed by atoms with Crippen molar-refractivity contribution in [2.24, 2.45) is 0 Å². The van der Waals surface area contributed by atoms with Crippen LogP contribution in [0.25, 0.3) is 0 Å². The molecule has 2 rings (SSSR count). The minimum absolute atomic E-state index is 0.102. The summed E-state index contributed by atoms with van der Waals surface area (Å²) in [7, 11) is 1.49. The number of aryl methyl sites for hydroxylation is 1. The highest BCUT2D eigenvalue weighted by atomic mass is 19.4. The molecule has 1 amide bonds. The van der Waals surface area contributed by atoms with E-state index in [2.05, 4.69) is 20.6 Å². The number of hydrogen-bond acceptors (Lipinski definition) is 6. The molecule has 0 fully saturated rings. The zero-order valence-electron chi connectivity index (χ0n) is 16.8. The third kappa shape index (κ3) is 5.96. The van der Waals surface area contributed by atoms with Crippen LogP contribution in [0.5, 0.6) is 0 Å². The van der Waals surface area contributed by atoms with Crippen LogP contribution in [-0.4, -0.2) is 55.3 Å². The molecule has 30 heavy (non-hydrogen) atoms. The second-order valence-electron chi connectivity index (χ2n) is 6.37. The Balaban J connectivity index is 1.88. The summed E-state index contributed by atoms with van der Waals surface area (Å²) in [5.74, 6) is -0.716. The SMILES string of the molecule is COCCOC(=O)c1c(C)[nH]c(C(=O)NCCNc2ccc(C(F)(F)F)cn2)c1C. The first-order valence-electron chi connectivity index (χ1n) is 9.05. The average Bonchev–Trinajstić information content (AvgIpc) is 2.99. The molecule has 0 spiro atoms. The van der Waals surface area contributed by atoms with Gasteiger partial charge >= 0.3 is 12.1 Å². The first-order valence-corrected chi connectivity index (χ1v) is 9.05. The Labute approximate surface area is 171 Å². The maximum Gasteiger partial charge on any atom is 0.417 e. The molecule has 0 saturated heterocycles. The fourth-order valence-corrected chi connectivity index (χ4v) is 2.69. The van der Waals surface area contributed by atoms with Crippen molar-refractivity contribution in [3.8, 4) is 0 Å². The number of esters is 1. The maximum absolute atomic E-state index is 12.5. The second kappa shape index (κ2) is 10.1. The molecule has 0 aliphatic rings. The van der Waals surface area contributed by atoms with Gasteiger partial charge in [-0.2, -0.15) is 13.2 Å². The Morgan fingerprint density at radius 2 is 1.90 bits per heavy atom. The number of carbonyl (C=O) groups is 2. The van der Waals surface area contributed by atoms with Crippen molar-refractivity contribution in [3.05, 3.63) is 46.4 Å². The first-order chi connectivity index (χ1) is 14.1. The van der Waals surface area contributed by atoms with Crippen LogP contribution in [-0.2, 0) is 15.7 Å². The second-order valence-corrected chi connectivity index (χ2v) is 6.37. The number of rotatable bonds is 9. The van der Waals surface area contributed by atoms with Crippen LogP contribution in [0, 0.1) is 13.8 Å². The highest BCUT2D eigenvalue weighted by molar-refractivity contribution is 6.00. The summed E-state index contributed by atoms with van der Waals surface area (Å²) in [6.07, 6.45) is -3.71. The Morgan fingerprint density at radius 3 is 2.50 bits per heavy atom. The van der Waals surface area contributed by atoms with E-state index in [1.165, 1.54) is 13.2 Å². The van der Waals surface area contributed by atoms with E-state index in [4.69, 9.17) is 9.47 Å². The Morgan fingerprint density at radius 1 is 1.17 bits per heavy atom. The minimum atomic E-state index is -4.44. The van der Waals surface area contributed by atoms with Crippen LogP contribution >= 0.6 is 0 Å². The predicted molar refractivity (Wildman–Crippen MR) is 102 cm³/mol. The molecule has 2 heterocycles. The van der Waals surface area contributed by atoms with Crippen LogP contribution < -0.4 is 10.6 Å². The van der Waals surface area contributed by atoms with E-state index >= 15 is 0 Å². The molecule has 3 N–H and O–H groups in total. The van der Waals surface area contributed by atoms with Crippen LogP contribution in [0.2, 0.25) is 0 Å². The predicted octanol–water partition coefficient (Wildman–Crippen LogP) is 2.69. The summed E-state index contributed by atoms with van der Waals surface area (Å²) in [4.78, 5) is 31.1. The van der Waals surface area contributed by atoms with Crippen molar-refractivity contribution < 1.29 is 32.2 Å². The number of aromatic amines is 1. The molecule has 0 radical (unpaired) electrons. The number of H-pyrrole nitrogens is 1. The molecular formula is C19H23F3N4O4. The van der Waals surface area contributed by atoms with E-state index in [-0.39, 0.29) is 37.8 Å². The van der Waals surface area contributed by atoms with Gasteiger partial charge in [0, 0.05) is 32.1 Å². The fraction of sp³-hybridized carbons (Fsp3) is 0.421. The monoisotopic (exact) mass is 428 g/mol. The highest BCUT2D eigenvalue weighted by Gasteiger charge is 2.30. The largest absolute Gasteiger partial charge is 0.460 e. The van der Waals surface area contributed by atoms with E-state index in [9.17, 15) is 22.8 Å². The molecule has 0 aliphatic heterocycles. The van der Waals surface area contributed by atoms with E-state index < -0.39 is 23.6 Å². The molecule has 11 heteroatoms. The summed E-state index contributed by atoms with van der Waals surface area (Å²) in [6.45, 7) is 4.10. The number of nitrogens with one attached hydrogen (secondary N) is 3. The number of pyridine rings is 1. The Bertz CT molecular complexity index is 879. The molecule has 0 bridgehead atoms. The lowest BCUT2D eigenvalue weighted by Crippen LogP contribution is -2.29. The molecule has 0 atom stereocenters. The number of amides is 1. The molecule has 164 valence electrons. The molecule has 2 aromatic rings. The molecule has 0 aliphatic carbocycles. The van der Waals surface area contributed by atoms with E-state index in [1.807, 2.05) is 0 Å². The van der Waals surface area contributed by atoms with Gasteiger partial charge in [0.15, 0.2) is 0 Å². The number of anilines is 1. The van der Waals surface area contributed by atoms with Gasteiger partial charge in [-0.05, 0) is 31.5 Å². The lowest BCUT2D eigenvalue weighted by Gasteiger charge is -2.09. The van der Waals surface area contributed by atoms with Gasteiger partial charge in [0.05, 0.1) is 17.7 Å². The lowest BCUT2D eigenvalue weighted by atomic mass is 10.1. The number of halogens is 3. The number of alkyl halides is 3. The smallest absolute Gasteiger partial charge is 0.417 e. The van der Waals surface area contributed by atoms with Crippen molar-refractivity contribution in [1.29, 1.82) is 0 Å². The lowest BCUT2D eigenvalue weighted by molar-refractivity contribution is -0.137. The topological polar surface area (TPSA) is 105 Å². The van der Waals surface area contributed by atoms with Crippen molar-refractivity contribution in [3.63, 3.8) is 0 Å². The summed E-state index contributed by atoms with van der Waals surface area (Å²) in [5, 5.41) is 5.48. The zero-order chi connectivity index (χ0) is 22.3. The normalized spacial score (nSPS) is 11.3. The van der Waals surface area contributed by atoms with Crippen LogP contribution in [0.3, 0.4) is 0 Å². The third-order valence-electron chi connectivity index (χ3n) is 4.20. The van der Waals surface area contributed by atoms with Crippen LogP contribution in [0.4, 0.5) is 19.0 Å². The molecule has 0 aromatic carbocycles. The Hall–Kier alpha value is -3.08. The van der Waals surface area contributed by atoms with Crippen molar-refractivity contribution >= 4 is 17.7 Å². The quantitative estimate of drug-likeness (QED) is 0.419. The number of hydrogen-bond donors (Lipinski definition) is 3. The van der Waals surface area contributed by atoms with Crippen molar-refractivity contribution in [2.75, 3.05) is 38.7 Å². The van der Waals surface area contributed by atoms with Gasteiger partial charge in [-0.15, -0.1) is 0 Å². The van der Waals surface area contributed by atoms with Gasteiger partial charge in [-0.3, -0.25) is 4.79 Å². The number of methoxy groups -OCH3 is 1. The first kappa shape index (κ1) is 23.2. The number of carbonyl (C=O) groups excluding carboxylic acids is 2. The van der Waals surface area contributed by atoms with Gasteiger partial charge in [0.1, 0.15) is 18.1 Å². The average molecular weight is 428 g/mol. The molecule has 2 aromatic heterocycles. The Kier molecular flexibility index (Phi) is 7.81. The molecule has 0 unspecified atom stereocenters. The molecular weight excluding hydrogens is 405 g/mol. The molecule has 0 saturated carbocycles. The third-order valence-corrected chi connectivity index (χ3v) is 4.20. The van der Waals surface area contributed by atoms with Crippen molar-refractivity contribution in [1.82, 2.24) is 15.3 Å². The number of aromatic nitrogens is 2.